The monoisotopic (exact) mass is 595 g/mol. The number of aromatic hydroxyl groups is 1. The highest BCUT2D eigenvalue weighted by Gasteiger charge is 2.37. The molecule has 0 heterocycles. The van der Waals surface area contributed by atoms with E-state index in [1.807, 2.05) is 32.0 Å². The van der Waals surface area contributed by atoms with Gasteiger partial charge in [0.15, 0.2) is 0 Å². The minimum absolute atomic E-state index is 0.110. The maximum atomic E-state index is 14.6. The minimum atomic E-state index is -0.995. The molecule has 2 aromatic carbocycles. The van der Waals surface area contributed by atoms with Crippen molar-refractivity contribution in [3.8, 4) is 5.75 Å². The Morgan fingerprint density at radius 3 is 2.07 bits per heavy atom. The van der Waals surface area contributed by atoms with Crippen LogP contribution in [0.5, 0.6) is 5.75 Å². The van der Waals surface area contributed by atoms with Crippen LogP contribution in [0.1, 0.15) is 108 Å². The maximum Gasteiger partial charge on any atom is 0.408 e. The van der Waals surface area contributed by atoms with Crippen molar-refractivity contribution < 1.29 is 24.2 Å². The largest absolute Gasteiger partial charge is 0.508 e. The van der Waals surface area contributed by atoms with E-state index in [9.17, 15) is 19.5 Å². The van der Waals surface area contributed by atoms with Gasteiger partial charge in [-0.3, -0.25) is 9.59 Å². The number of carbonyl (C=O) groups is 3. The van der Waals surface area contributed by atoms with Crippen LogP contribution in [0.15, 0.2) is 42.5 Å². The molecule has 0 aliphatic rings. The van der Waals surface area contributed by atoms with Crippen LogP contribution in [0.2, 0.25) is 0 Å². The minimum Gasteiger partial charge on any atom is -0.508 e. The summed E-state index contributed by atoms with van der Waals surface area (Å²) in [4.78, 5) is 43.3. The number of unbranched alkanes of at least 4 members (excludes halogenated alkanes) is 5. The summed E-state index contributed by atoms with van der Waals surface area (Å²) in [5.41, 5.74) is 2.66. The molecule has 238 valence electrons. The topological polar surface area (TPSA) is 108 Å². The third kappa shape index (κ3) is 11.9. The highest BCUT2D eigenvalue weighted by Crippen LogP contribution is 2.29. The number of nitrogens with one attached hydrogen (secondary N) is 2. The van der Waals surface area contributed by atoms with Gasteiger partial charge in [-0.2, -0.15) is 0 Å². The number of hydrogen-bond acceptors (Lipinski definition) is 5. The Bertz CT molecular complexity index is 1150. The van der Waals surface area contributed by atoms with Crippen LogP contribution in [-0.4, -0.2) is 52.6 Å². The van der Waals surface area contributed by atoms with Crippen LogP contribution in [0.25, 0.3) is 0 Å². The lowest BCUT2D eigenvalue weighted by Gasteiger charge is -2.36. The Morgan fingerprint density at radius 1 is 0.884 bits per heavy atom. The van der Waals surface area contributed by atoms with Crippen LogP contribution in [0.4, 0.5) is 4.79 Å². The van der Waals surface area contributed by atoms with E-state index in [0.717, 1.165) is 67.2 Å². The van der Waals surface area contributed by atoms with E-state index in [2.05, 4.69) is 24.5 Å². The van der Waals surface area contributed by atoms with Crippen LogP contribution in [0.3, 0.4) is 0 Å². The smallest absolute Gasteiger partial charge is 0.408 e. The molecule has 0 saturated carbocycles. The predicted molar refractivity (Wildman–Crippen MR) is 172 cm³/mol. The number of rotatable bonds is 16. The van der Waals surface area contributed by atoms with Crippen LogP contribution < -0.4 is 10.6 Å². The molecule has 8 heteroatoms. The molecule has 0 bridgehead atoms. The standard InChI is InChI=1S/C35H53N3O5/c1-8-10-12-14-23-38(31(32(40)36-22-13-11-9-2)30-25(3)16-15-17-26(30)4)33(41)29(37-34(42)43-35(5,6)7)24-27-18-20-28(39)21-19-27/h15-21,29,31,39H,8-14,22-24H2,1-7H3,(H,36,40)(H,37,42). The summed E-state index contributed by atoms with van der Waals surface area (Å²) < 4.78 is 5.53. The number of nitrogens with zero attached hydrogens (tertiary/aromatic N) is 1. The fraction of sp³-hybridized carbons (Fsp3) is 0.571. The Morgan fingerprint density at radius 2 is 1.49 bits per heavy atom. The molecule has 2 rings (SSSR count). The molecule has 0 aliphatic heterocycles. The van der Waals surface area contributed by atoms with E-state index in [1.54, 1.807) is 49.9 Å². The second kappa shape index (κ2) is 17.5. The van der Waals surface area contributed by atoms with Gasteiger partial charge in [0.2, 0.25) is 11.8 Å². The lowest BCUT2D eigenvalue weighted by molar-refractivity contribution is -0.142. The summed E-state index contributed by atoms with van der Waals surface area (Å²) in [6, 6.07) is 10.6. The number of aryl methyl sites for hydroxylation is 2. The SMILES string of the molecule is CCCCCCN(C(=O)C(Cc1ccc(O)cc1)NC(=O)OC(C)(C)C)C(C(=O)NCCCCC)c1c(C)cccc1C. The van der Waals surface area contributed by atoms with E-state index in [1.165, 1.54) is 0 Å². The van der Waals surface area contributed by atoms with Gasteiger partial charge in [-0.25, -0.2) is 4.79 Å². The molecule has 3 N–H and O–H groups in total. The first-order valence-electron chi connectivity index (χ1n) is 15.8. The number of hydrogen-bond donors (Lipinski definition) is 3. The second-order valence-corrected chi connectivity index (χ2v) is 12.4. The van der Waals surface area contributed by atoms with Gasteiger partial charge in [0, 0.05) is 19.5 Å². The average Bonchev–Trinajstić information content (AvgIpc) is 2.93. The van der Waals surface area contributed by atoms with Gasteiger partial charge in [-0.15, -0.1) is 0 Å². The summed E-state index contributed by atoms with van der Waals surface area (Å²) in [6.45, 7) is 14.4. The lowest BCUT2D eigenvalue weighted by Crippen LogP contribution is -2.54. The molecule has 43 heavy (non-hydrogen) atoms. The van der Waals surface area contributed by atoms with Crippen molar-refractivity contribution in [3.05, 3.63) is 64.7 Å². The Balaban J connectivity index is 2.59. The molecule has 0 spiro atoms. The van der Waals surface area contributed by atoms with Gasteiger partial charge >= 0.3 is 6.09 Å². The van der Waals surface area contributed by atoms with Gasteiger partial charge in [-0.05, 0) is 81.8 Å². The van der Waals surface area contributed by atoms with Crippen molar-refractivity contribution in [1.29, 1.82) is 0 Å². The number of carbonyl (C=O) groups excluding carboxylic acids is 3. The number of benzene rings is 2. The normalized spacial score (nSPS) is 12.7. The summed E-state index contributed by atoms with van der Waals surface area (Å²) in [6.07, 6.45) is 6.06. The highest BCUT2D eigenvalue weighted by molar-refractivity contribution is 5.92. The quantitative estimate of drug-likeness (QED) is 0.183. The Kier molecular flexibility index (Phi) is 14.5. The number of phenolic OH excluding ortho intramolecular Hbond substituents is 1. The zero-order chi connectivity index (χ0) is 32.0. The van der Waals surface area contributed by atoms with Gasteiger partial charge in [-0.1, -0.05) is 76.3 Å². The van der Waals surface area contributed by atoms with Crippen molar-refractivity contribution >= 4 is 17.9 Å². The lowest BCUT2D eigenvalue weighted by atomic mass is 9.93. The molecular formula is C35H53N3O5. The number of ether oxygens (including phenoxy) is 1. The van der Waals surface area contributed by atoms with Gasteiger partial charge < -0.3 is 25.4 Å². The summed E-state index contributed by atoms with van der Waals surface area (Å²) in [7, 11) is 0. The first kappa shape index (κ1) is 35.6. The predicted octanol–water partition coefficient (Wildman–Crippen LogP) is 6.90. The molecular weight excluding hydrogens is 542 g/mol. The van der Waals surface area contributed by atoms with Gasteiger partial charge in [0.1, 0.15) is 23.4 Å². The third-order valence-electron chi connectivity index (χ3n) is 7.36. The summed E-state index contributed by atoms with van der Waals surface area (Å²) >= 11 is 0. The first-order chi connectivity index (χ1) is 20.4. The summed E-state index contributed by atoms with van der Waals surface area (Å²) in [5, 5.41) is 15.7. The van der Waals surface area contributed by atoms with Gasteiger partial charge in [0.05, 0.1) is 0 Å². The van der Waals surface area contributed by atoms with E-state index in [0.29, 0.717) is 13.1 Å². The number of amides is 3. The second-order valence-electron chi connectivity index (χ2n) is 12.4. The fourth-order valence-corrected chi connectivity index (χ4v) is 5.16. The van der Waals surface area contributed by atoms with Crippen molar-refractivity contribution in [2.45, 2.75) is 118 Å². The first-order valence-corrected chi connectivity index (χ1v) is 15.8. The summed E-state index contributed by atoms with van der Waals surface area (Å²) in [5.74, 6) is -0.469. The molecule has 2 aromatic rings. The zero-order valence-electron chi connectivity index (χ0n) is 27.3. The number of phenols is 1. The van der Waals surface area contributed by atoms with E-state index in [-0.39, 0.29) is 24.0 Å². The van der Waals surface area contributed by atoms with E-state index < -0.39 is 23.8 Å². The van der Waals surface area contributed by atoms with E-state index in [4.69, 9.17) is 4.74 Å². The van der Waals surface area contributed by atoms with Crippen molar-refractivity contribution in [2.75, 3.05) is 13.1 Å². The third-order valence-corrected chi connectivity index (χ3v) is 7.36. The molecule has 2 atom stereocenters. The molecule has 2 unspecified atom stereocenters. The average molecular weight is 596 g/mol. The molecule has 0 saturated heterocycles. The maximum absolute atomic E-state index is 14.6. The molecule has 3 amide bonds. The van der Waals surface area contributed by atoms with E-state index >= 15 is 0 Å². The Hall–Kier alpha value is -3.55. The van der Waals surface area contributed by atoms with Crippen LogP contribution >= 0.6 is 0 Å². The van der Waals surface area contributed by atoms with Crippen LogP contribution in [0, 0.1) is 13.8 Å². The molecule has 0 fully saturated rings. The molecule has 0 aliphatic carbocycles. The van der Waals surface area contributed by atoms with Crippen molar-refractivity contribution in [2.24, 2.45) is 0 Å². The Labute approximate surface area is 258 Å². The van der Waals surface area contributed by atoms with Crippen molar-refractivity contribution in [3.63, 3.8) is 0 Å². The van der Waals surface area contributed by atoms with Crippen molar-refractivity contribution in [1.82, 2.24) is 15.5 Å². The molecule has 0 radical (unpaired) electrons. The number of alkyl carbamates (subject to hydrolysis) is 1. The zero-order valence-corrected chi connectivity index (χ0v) is 27.3. The van der Waals surface area contributed by atoms with Gasteiger partial charge in [0.25, 0.3) is 0 Å². The molecule has 0 aromatic heterocycles. The van der Waals surface area contributed by atoms with Crippen LogP contribution in [-0.2, 0) is 20.7 Å². The fourth-order valence-electron chi connectivity index (χ4n) is 5.16. The highest BCUT2D eigenvalue weighted by atomic mass is 16.6. The molecule has 8 nitrogen and oxygen atoms in total.